The zero-order chi connectivity index (χ0) is 11.9. The van der Waals surface area contributed by atoms with Crippen molar-refractivity contribution < 1.29 is 9.52 Å². The molecule has 0 aliphatic heterocycles. The third kappa shape index (κ3) is 1.44. The molecular weight excluding hydrogens is 216 g/mol. The molecule has 0 radical (unpaired) electrons. The standard InChI is InChI=1S/C13H16N2O2/c1-2-15-8-7-14-12(15)13(16)6-3-4-11-10(13)5-9-17-11/h5,7-9,16H,2-4,6H2,1H3. The third-order valence-electron chi connectivity index (χ3n) is 3.56. The second kappa shape index (κ2) is 3.74. The number of aromatic nitrogens is 2. The number of hydrogen-bond acceptors (Lipinski definition) is 3. The van der Waals surface area contributed by atoms with Crippen LogP contribution < -0.4 is 0 Å². The van der Waals surface area contributed by atoms with Crippen molar-refractivity contribution in [2.45, 2.75) is 38.3 Å². The van der Waals surface area contributed by atoms with Crippen molar-refractivity contribution >= 4 is 0 Å². The zero-order valence-electron chi connectivity index (χ0n) is 9.89. The van der Waals surface area contributed by atoms with E-state index in [-0.39, 0.29) is 0 Å². The summed E-state index contributed by atoms with van der Waals surface area (Å²) in [5.74, 6) is 1.62. The second-order valence-electron chi connectivity index (χ2n) is 4.51. The van der Waals surface area contributed by atoms with Gasteiger partial charge < -0.3 is 14.1 Å². The summed E-state index contributed by atoms with van der Waals surface area (Å²) in [5.41, 5.74) is -0.107. The molecular formula is C13H16N2O2. The summed E-state index contributed by atoms with van der Waals surface area (Å²) in [4.78, 5) is 4.33. The van der Waals surface area contributed by atoms with Crippen molar-refractivity contribution in [1.82, 2.24) is 9.55 Å². The summed E-state index contributed by atoms with van der Waals surface area (Å²) in [6.45, 7) is 2.86. The van der Waals surface area contributed by atoms with E-state index in [0.717, 1.165) is 36.5 Å². The highest BCUT2D eigenvalue weighted by Crippen LogP contribution is 2.40. The Morgan fingerprint density at radius 1 is 1.59 bits per heavy atom. The lowest BCUT2D eigenvalue weighted by atomic mass is 9.82. The van der Waals surface area contributed by atoms with Gasteiger partial charge in [0, 0.05) is 30.9 Å². The summed E-state index contributed by atoms with van der Waals surface area (Å²) < 4.78 is 7.41. The number of fused-ring (bicyclic) bond motifs is 1. The summed E-state index contributed by atoms with van der Waals surface area (Å²) in [7, 11) is 0. The molecule has 17 heavy (non-hydrogen) atoms. The van der Waals surface area contributed by atoms with Crippen LogP contribution in [-0.4, -0.2) is 14.7 Å². The maximum absolute atomic E-state index is 10.9. The van der Waals surface area contributed by atoms with Gasteiger partial charge in [0.2, 0.25) is 0 Å². The Kier molecular flexibility index (Phi) is 2.33. The first-order valence-corrected chi connectivity index (χ1v) is 6.06. The number of rotatable bonds is 2. The molecule has 3 rings (SSSR count). The van der Waals surface area contributed by atoms with E-state index < -0.39 is 5.60 Å². The first kappa shape index (κ1) is 10.6. The largest absolute Gasteiger partial charge is 0.469 e. The molecule has 90 valence electrons. The van der Waals surface area contributed by atoms with Crippen LogP contribution in [0.5, 0.6) is 0 Å². The van der Waals surface area contributed by atoms with Gasteiger partial charge in [0.1, 0.15) is 11.6 Å². The molecule has 2 aromatic heterocycles. The molecule has 2 heterocycles. The minimum absolute atomic E-state index is 0.705. The Hall–Kier alpha value is -1.55. The van der Waals surface area contributed by atoms with E-state index in [1.54, 1.807) is 12.5 Å². The highest BCUT2D eigenvalue weighted by molar-refractivity contribution is 5.34. The van der Waals surface area contributed by atoms with Gasteiger partial charge in [0.15, 0.2) is 5.60 Å². The maximum Gasteiger partial charge on any atom is 0.150 e. The first-order chi connectivity index (χ1) is 8.25. The fourth-order valence-electron chi connectivity index (χ4n) is 2.70. The Labute approximate surface area is 99.9 Å². The van der Waals surface area contributed by atoms with Gasteiger partial charge in [-0.15, -0.1) is 0 Å². The predicted octanol–water partition coefficient (Wildman–Crippen LogP) is 2.07. The van der Waals surface area contributed by atoms with E-state index in [2.05, 4.69) is 4.98 Å². The van der Waals surface area contributed by atoms with Crippen molar-refractivity contribution in [3.05, 3.63) is 41.9 Å². The molecule has 0 saturated carbocycles. The van der Waals surface area contributed by atoms with E-state index >= 15 is 0 Å². The number of furan rings is 1. The molecule has 1 aliphatic carbocycles. The molecule has 0 bridgehead atoms. The van der Waals surface area contributed by atoms with Crippen LogP contribution in [0.3, 0.4) is 0 Å². The second-order valence-corrected chi connectivity index (χ2v) is 4.51. The van der Waals surface area contributed by atoms with Crippen molar-refractivity contribution in [1.29, 1.82) is 0 Å². The van der Waals surface area contributed by atoms with Crippen LogP contribution >= 0.6 is 0 Å². The van der Waals surface area contributed by atoms with Gasteiger partial charge in [-0.2, -0.15) is 0 Å². The Morgan fingerprint density at radius 3 is 3.29 bits per heavy atom. The number of aryl methyl sites for hydroxylation is 2. The molecule has 1 N–H and O–H groups in total. The van der Waals surface area contributed by atoms with Crippen LogP contribution in [0.25, 0.3) is 0 Å². The van der Waals surface area contributed by atoms with Crippen molar-refractivity contribution in [2.75, 3.05) is 0 Å². The van der Waals surface area contributed by atoms with Crippen LogP contribution in [0, 0.1) is 0 Å². The van der Waals surface area contributed by atoms with E-state index in [0.29, 0.717) is 6.42 Å². The summed E-state index contributed by atoms with van der Waals surface area (Å²) in [6.07, 6.45) is 7.83. The highest BCUT2D eigenvalue weighted by atomic mass is 16.3. The third-order valence-corrected chi connectivity index (χ3v) is 3.56. The molecule has 0 aromatic carbocycles. The molecule has 4 nitrogen and oxygen atoms in total. The predicted molar refractivity (Wildman–Crippen MR) is 62.5 cm³/mol. The van der Waals surface area contributed by atoms with Gasteiger partial charge in [-0.25, -0.2) is 4.98 Å². The molecule has 0 amide bonds. The minimum atomic E-state index is -0.986. The summed E-state index contributed by atoms with van der Waals surface area (Å²) >= 11 is 0. The molecule has 1 unspecified atom stereocenters. The van der Waals surface area contributed by atoms with E-state index in [9.17, 15) is 5.11 Å². The average molecular weight is 232 g/mol. The van der Waals surface area contributed by atoms with Crippen LogP contribution in [0.2, 0.25) is 0 Å². The topological polar surface area (TPSA) is 51.2 Å². The van der Waals surface area contributed by atoms with Gasteiger partial charge in [-0.1, -0.05) is 0 Å². The molecule has 1 atom stereocenters. The maximum atomic E-state index is 10.9. The number of hydrogen-bond donors (Lipinski definition) is 1. The normalized spacial score (nSPS) is 23.6. The Bertz CT molecular complexity index is 529. The Balaban J connectivity index is 2.15. The highest BCUT2D eigenvalue weighted by Gasteiger charge is 2.41. The number of imidazole rings is 1. The van der Waals surface area contributed by atoms with Gasteiger partial charge in [-0.3, -0.25) is 0 Å². The van der Waals surface area contributed by atoms with Crippen LogP contribution in [0.4, 0.5) is 0 Å². The average Bonchev–Trinajstić information content (AvgIpc) is 2.98. The lowest BCUT2D eigenvalue weighted by Crippen LogP contribution is -2.34. The molecule has 0 spiro atoms. The fourth-order valence-corrected chi connectivity index (χ4v) is 2.70. The first-order valence-electron chi connectivity index (χ1n) is 6.06. The molecule has 0 fully saturated rings. The van der Waals surface area contributed by atoms with Crippen LogP contribution in [-0.2, 0) is 18.6 Å². The molecule has 1 aliphatic rings. The molecule has 0 saturated heterocycles. The quantitative estimate of drug-likeness (QED) is 0.862. The Morgan fingerprint density at radius 2 is 2.47 bits per heavy atom. The number of nitrogens with zero attached hydrogens (tertiary/aromatic N) is 2. The zero-order valence-corrected chi connectivity index (χ0v) is 9.89. The van der Waals surface area contributed by atoms with Gasteiger partial charge in [-0.05, 0) is 25.8 Å². The summed E-state index contributed by atoms with van der Waals surface area (Å²) in [6, 6.07) is 1.86. The SMILES string of the molecule is CCn1ccnc1C1(O)CCCc2occc21. The van der Waals surface area contributed by atoms with E-state index in [1.807, 2.05) is 23.8 Å². The van der Waals surface area contributed by atoms with Crippen LogP contribution in [0.15, 0.2) is 29.1 Å². The monoisotopic (exact) mass is 232 g/mol. The van der Waals surface area contributed by atoms with Crippen LogP contribution in [0.1, 0.15) is 36.9 Å². The lowest BCUT2D eigenvalue weighted by Gasteiger charge is -2.31. The van der Waals surface area contributed by atoms with Gasteiger partial charge in [0.05, 0.1) is 6.26 Å². The van der Waals surface area contributed by atoms with E-state index in [1.165, 1.54) is 0 Å². The lowest BCUT2D eigenvalue weighted by molar-refractivity contribution is 0.0464. The summed E-state index contributed by atoms with van der Waals surface area (Å²) in [5, 5.41) is 10.9. The minimum Gasteiger partial charge on any atom is -0.469 e. The van der Waals surface area contributed by atoms with Gasteiger partial charge in [0.25, 0.3) is 0 Å². The van der Waals surface area contributed by atoms with Gasteiger partial charge >= 0.3 is 0 Å². The number of aliphatic hydroxyl groups is 1. The van der Waals surface area contributed by atoms with E-state index in [4.69, 9.17) is 4.42 Å². The fraction of sp³-hybridized carbons (Fsp3) is 0.462. The van der Waals surface area contributed by atoms with Crippen molar-refractivity contribution in [2.24, 2.45) is 0 Å². The molecule has 2 aromatic rings. The van der Waals surface area contributed by atoms with Crippen molar-refractivity contribution in [3.63, 3.8) is 0 Å². The van der Waals surface area contributed by atoms with Crippen molar-refractivity contribution in [3.8, 4) is 0 Å². The smallest absolute Gasteiger partial charge is 0.150 e. The molecule has 4 heteroatoms.